The van der Waals surface area contributed by atoms with Crippen LogP contribution in [-0.4, -0.2) is 18.9 Å². The van der Waals surface area contributed by atoms with Crippen LogP contribution in [0.4, 0.5) is 0 Å². The highest BCUT2D eigenvalue weighted by atomic mass is 16.5. The summed E-state index contributed by atoms with van der Waals surface area (Å²) in [5.74, 6) is -0.236. The van der Waals surface area contributed by atoms with Crippen LogP contribution in [0.15, 0.2) is 11.6 Å². The van der Waals surface area contributed by atoms with E-state index in [4.69, 9.17) is 4.74 Å². The maximum Gasteiger partial charge on any atom is 0.302 e. The Bertz CT molecular complexity index is 194. The average molecular weight is 184 g/mol. The van der Waals surface area contributed by atoms with Crippen LogP contribution in [0.1, 0.15) is 33.1 Å². The number of carbonyl (C=O) groups is 2. The molecular weight excluding hydrogens is 168 g/mol. The summed E-state index contributed by atoms with van der Waals surface area (Å²) in [6.45, 7) is 3.65. The van der Waals surface area contributed by atoms with Crippen molar-refractivity contribution in [1.29, 1.82) is 0 Å². The third kappa shape index (κ3) is 8.79. The molecule has 0 aromatic rings. The first-order valence-corrected chi connectivity index (χ1v) is 4.42. The number of aldehydes is 1. The Morgan fingerprint density at radius 2 is 2.00 bits per heavy atom. The van der Waals surface area contributed by atoms with Gasteiger partial charge in [-0.3, -0.25) is 9.59 Å². The van der Waals surface area contributed by atoms with Gasteiger partial charge in [-0.05, 0) is 31.8 Å². The summed E-state index contributed by atoms with van der Waals surface area (Å²) >= 11 is 0. The van der Waals surface area contributed by atoms with Gasteiger partial charge < -0.3 is 4.74 Å². The first-order chi connectivity index (χ1) is 6.16. The van der Waals surface area contributed by atoms with E-state index in [0.29, 0.717) is 6.61 Å². The number of rotatable bonds is 6. The van der Waals surface area contributed by atoms with E-state index in [1.54, 1.807) is 6.92 Å². The number of hydrogen-bond donors (Lipinski definition) is 0. The minimum Gasteiger partial charge on any atom is -0.466 e. The van der Waals surface area contributed by atoms with Crippen LogP contribution in [0.2, 0.25) is 0 Å². The Labute approximate surface area is 78.8 Å². The van der Waals surface area contributed by atoms with Crippen molar-refractivity contribution in [2.75, 3.05) is 6.61 Å². The third-order valence-electron chi connectivity index (χ3n) is 1.56. The Balaban J connectivity index is 3.26. The number of esters is 1. The molecule has 0 saturated carbocycles. The highest BCUT2D eigenvalue weighted by Crippen LogP contribution is 1.99. The molecule has 13 heavy (non-hydrogen) atoms. The van der Waals surface area contributed by atoms with Gasteiger partial charge in [-0.25, -0.2) is 0 Å². The van der Waals surface area contributed by atoms with Crippen molar-refractivity contribution in [3.05, 3.63) is 11.6 Å². The largest absolute Gasteiger partial charge is 0.466 e. The molecule has 0 unspecified atom stereocenters. The zero-order chi connectivity index (χ0) is 10.1. The average Bonchev–Trinajstić information content (AvgIpc) is 2.10. The minimum atomic E-state index is -0.236. The maximum atomic E-state index is 10.4. The predicted molar refractivity (Wildman–Crippen MR) is 50.3 cm³/mol. The van der Waals surface area contributed by atoms with Gasteiger partial charge in [0.1, 0.15) is 6.29 Å². The molecule has 0 saturated heterocycles. The van der Waals surface area contributed by atoms with Crippen molar-refractivity contribution in [3.63, 3.8) is 0 Å². The van der Waals surface area contributed by atoms with Crippen LogP contribution >= 0.6 is 0 Å². The molecule has 74 valence electrons. The van der Waals surface area contributed by atoms with Crippen LogP contribution < -0.4 is 0 Å². The molecule has 3 heteroatoms. The lowest BCUT2D eigenvalue weighted by atomic mass is 10.2. The quantitative estimate of drug-likeness (QED) is 0.274. The monoisotopic (exact) mass is 184 g/mol. The SMILES string of the molecule is CC(=O)OCCCCC=C(C)C=O. The molecule has 0 aliphatic carbocycles. The third-order valence-corrected chi connectivity index (χ3v) is 1.56. The van der Waals surface area contributed by atoms with Crippen molar-refractivity contribution in [2.45, 2.75) is 33.1 Å². The zero-order valence-corrected chi connectivity index (χ0v) is 8.21. The van der Waals surface area contributed by atoms with Crippen LogP contribution in [0.5, 0.6) is 0 Å². The Morgan fingerprint density at radius 3 is 2.54 bits per heavy atom. The maximum absolute atomic E-state index is 10.4. The second-order valence-electron chi connectivity index (χ2n) is 2.90. The molecule has 0 aliphatic rings. The number of allylic oxidation sites excluding steroid dienone is 2. The van der Waals surface area contributed by atoms with Gasteiger partial charge in [0.15, 0.2) is 0 Å². The summed E-state index contributed by atoms with van der Waals surface area (Å²) in [7, 11) is 0. The summed E-state index contributed by atoms with van der Waals surface area (Å²) < 4.78 is 4.75. The van der Waals surface area contributed by atoms with E-state index >= 15 is 0 Å². The van der Waals surface area contributed by atoms with Crippen LogP contribution in [0, 0.1) is 0 Å². The van der Waals surface area contributed by atoms with Gasteiger partial charge in [-0.1, -0.05) is 6.08 Å². The van der Waals surface area contributed by atoms with Gasteiger partial charge in [0.25, 0.3) is 0 Å². The van der Waals surface area contributed by atoms with Crippen molar-refractivity contribution >= 4 is 12.3 Å². The lowest BCUT2D eigenvalue weighted by Crippen LogP contribution is -1.99. The highest BCUT2D eigenvalue weighted by molar-refractivity contribution is 5.71. The normalized spacial score (nSPS) is 11.1. The van der Waals surface area contributed by atoms with E-state index < -0.39 is 0 Å². The second-order valence-corrected chi connectivity index (χ2v) is 2.90. The van der Waals surface area contributed by atoms with Gasteiger partial charge in [0.2, 0.25) is 0 Å². The lowest BCUT2D eigenvalue weighted by Gasteiger charge is -1.99. The molecular formula is C10H16O3. The van der Waals surface area contributed by atoms with E-state index in [2.05, 4.69) is 0 Å². The molecule has 0 aliphatic heterocycles. The molecule has 3 nitrogen and oxygen atoms in total. The molecule has 0 atom stereocenters. The van der Waals surface area contributed by atoms with Gasteiger partial charge in [0, 0.05) is 6.92 Å². The molecule has 0 N–H and O–H groups in total. The summed E-state index contributed by atoms with van der Waals surface area (Å²) in [4.78, 5) is 20.5. The van der Waals surface area contributed by atoms with Gasteiger partial charge in [-0.15, -0.1) is 0 Å². The fourth-order valence-electron chi connectivity index (χ4n) is 0.840. The molecule has 0 fully saturated rings. The molecule has 0 bridgehead atoms. The second kappa shape index (κ2) is 7.53. The van der Waals surface area contributed by atoms with E-state index in [-0.39, 0.29) is 5.97 Å². The van der Waals surface area contributed by atoms with Crippen LogP contribution in [0.3, 0.4) is 0 Å². The standard InChI is InChI=1S/C10H16O3/c1-9(8-11)6-4-3-5-7-13-10(2)12/h6,8H,3-5,7H2,1-2H3. The van der Waals surface area contributed by atoms with E-state index in [1.807, 2.05) is 6.08 Å². The molecule has 0 spiro atoms. The highest BCUT2D eigenvalue weighted by Gasteiger charge is 1.92. The molecule has 0 radical (unpaired) electrons. The first kappa shape index (κ1) is 11.9. The lowest BCUT2D eigenvalue weighted by molar-refractivity contribution is -0.141. The minimum absolute atomic E-state index is 0.236. The summed E-state index contributed by atoms with van der Waals surface area (Å²) in [5.41, 5.74) is 0.757. The van der Waals surface area contributed by atoms with E-state index in [9.17, 15) is 9.59 Å². The molecule has 0 amide bonds. The topological polar surface area (TPSA) is 43.4 Å². The Kier molecular flexibility index (Phi) is 6.88. The number of carbonyl (C=O) groups excluding carboxylic acids is 2. The molecule has 0 aromatic heterocycles. The number of hydrogen-bond acceptors (Lipinski definition) is 3. The molecule has 0 aromatic carbocycles. The number of unbranched alkanes of at least 4 members (excludes halogenated alkanes) is 2. The van der Waals surface area contributed by atoms with E-state index in [0.717, 1.165) is 31.1 Å². The van der Waals surface area contributed by atoms with Crippen LogP contribution in [0.25, 0.3) is 0 Å². The summed E-state index contributed by atoms with van der Waals surface area (Å²) in [6.07, 6.45) is 5.39. The summed E-state index contributed by atoms with van der Waals surface area (Å²) in [5, 5.41) is 0. The first-order valence-electron chi connectivity index (χ1n) is 4.42. The predicted octanol–water partition coefficient (Wildman–Crippen LogP) is 1.86. The fourth-order valence-corrected chi connectivity index (χ4v) is 0.840. The number of ether oxygens (including phenoxy) is 1. The van der Waals surface area contributed by atoms with Gasteiger partial charge in [-0.2, -0.15) is 0 Å². The smallest absolute Gasteiger partial charge is 0.302 e. The van der Waals surface area contributed by atoms with Gasteiger partial charge >= 0.3 is 5.97 Å². The molecule has 0 rings (SSSR count). The van der Waals surface area contributed by atoms with E-state index in [1.165, 1.54) is 6.92 Å². The van der Waals surface area contributed by atoms with Crippen molar-refractivity contribution in [3.8, 4) is 0 Å². The van der Waals surface area contributed by atoms with Gasteiger partial charge in [0.05, 0.1) is 6.61 Å². The summed E-state index contributed by atoms with van der Waals surface area (Å²) in [6, 6.07) is 0. The van der Waals surface area contributed by atoms with Crippen molar-refractivity contribution < 1.29 is 14.3 Å². The van der Waals surface area contributed by atoms with Crippen molar-refractivity contribution in [2.24, 2.45) is 0 Å². The van der Waals surface area contributed by atoms with Crippen LogP contribution in [-0.2, 0) is 14.3 Å². The zero-order valence-electron chi connectivity index (χ0n) is 8.21. The molecule has 0 heterocycles. The Morgan fingerprint density at radius 1 is 1.31 bits per heavy atom. The van der Waals surface area contributed by atoms with Crippen molar-refractivity contribution in [1.82, 2.24) is 0 Å². The fraction of sp³-hybridized carbons (Fsp3) is 0.600. The Hall–Kier alpha value is -1.12.